The number of halogens is 3. The summed E-state index contributed by atoms with van der Waals surface area (Å²) in [7, 11) is 0. The van der Waals surface area contributed by atoms with Gasteiger partial charge >= 0.3 is 6.18 Å². The van der Waals surface area contributed by atoms with Crippen molar-refractivity contribution in [3.05, 3.63) is 41.5 Å². The highest BCUT2D eigenvalue weighted by molar-refractivity contribution is 5.82. The van der Waals surface area contributed by atoms with Crippen LogP contribution in [0.15, 0.2) is 29.0 Å². The van der Waals surface area contributed by atoms with Crippen LogP contribution in [0.5, 0.6) is 0 Å². The minimum atomic E-state index is -4.52. The summed E-state index contributed by atoms with van der Waals surface area (Å²) < 4.78 is 48.1. The van der Waals surface area contributed by atoms with E-state index in [-0.39, 0.29) is 34.5 Å². The quantitative estimate of drug-likeness (QED) is 0.605. The van der Waals surface area contributed by atoms with Gasteiger partial charge in [-0.05, 0) is 31.4 Å². The molecule has 1 fully saturated rings. The van der Waals surface area contributed by atoms with Crippen molar-refractivity contribution >= 4 is 17.0 Å². The monoisotopic (exact) mass is 435 g/mol. The lowest BCUT2D eigenvalue weighted by atomic mass is 9.90. The lowest BCUT2D eigenvalue weighted by molar-refractivity contribution is -0.137. The van der Waals surface area contributed by atoms with E-state index in [0.29, 0.717) is 44.6 Å². The zero-order valence-corrected chi connectivity index (χ0v) is 17.4. The first-order valence-electron chi connectivity index (χ1n) is 10.4. The Morgan fingerprint density at radius 1 is 1.32 bits per heavy atom. The van der Waals surface area contributed by atoms with Crippen LogP contribution in [0.25, 0.3) is 11.1 Å². The van der Waals surface area contributed by atoms with Gasteiger partial charge in [0, 0.05) is 37.1 Å². The molecule has 1 aliphatic rings. The van der Waals surface area contributed by atoms with Crippen molar-refractivity contribution in [3.8, 4) is 0 Å². The second-order valence-electron chi connectivity index (χ2n) is 7.99. The molecule has 0 N–H and O–H groups in total. The molecular weight excluding hydrogens is 411 g/mol. The molecule has 1 atom stereocenters. The van der Waals surface area contributed by atoms with E-state index in [1.165, 1.54) is 0 Å². The van der Waals surface area contributed by atoms with Gasteiger partial charge < -0.3 is 9.42 Å². The van der Waals surface area contributed by atoms with Crippen LogP contribution in [0.2, 0.25) is 0 Å². The average molecular weight is 435 g/mol. The molecule has 0 aliphatic carbocycles. The molecule has 10 heteroatoms. The Morgan fingerprint density at radius 3 is 2.68 bits per heavy atom. The number of nitrogens with zero attached hydrogens (tertiary/aromatic N) is 5. The van der Waals surface area contributed by atoms with Crippen LogP contribution >= 0.6 is 0 Å². The van der Waals surface area contributed by atoms with E-state index in [1.807, 2.05) is 13.1 Å². The molecule has 0 saturated carbocycles. The standard InChI is InChI=1S/C21H24F3N5O2/c1-3-15-11-16(21(22,23)24)17-18(27-31-19(17)26-15)14-5-9-28(10-6-14)20(30)13(2)12-29-8-4-7-25-29/h4,7-8,11,13-14H,3,5-6,9-10,12H2,1-2H3. The summed E-state index contributed by atoms with van der Waals surface area (Å²) in [5.41, 5.74) is -0.228. The van der Waals surface area contributed by atoms with Gasteiger partial charge in [0.15, 0.2) is 0 Å². The van der Waals surface area contributed by atoms with E-state index >= 15 is 0 Å². The van der Waals surface area contributed by atoms with E-state index < -0.39 is 11.7 Å². The van der Waals surface area contributed by atoms with Crippen molar-refractivity contribution in [2.24, 2.45) is 5.92 Å². The largest absolute Gasteiger partial charge is 0.417 e. The van der Waals surface area contributed by atoms with Gasteiger partial charge in [-0.1, -0.05) is 19.0 Å². The number of rotatable bonds is 5. The summed E-state index contributed by atoms with van der Waals surface area (Å²) in [5.74, 6) is -0.441. The fourth-order valence-corrected chi connectivity index (χ4v) is 4.16. The van der Waals surface area contributed by atoms with E-state index in [1.54, 1.807) is 28.8 Å². The smallest absolute Gasteiger partial charge is 0.342 e. The molecular formula is C21H24F3N5O2. The van der Waals surface area contributed by atoms with Crippen molar-refractivity contribution in [2.75, 3.05) is 13.1 Å². The molecule has 0 bridgehead atoms. The van der Waals surface area contributed by atoms with Gasteiger partial charge in [-0.25, -0.2) is 4.98 Å². The van der Waals surface area contributed by atoms with Crippen molar-refractivity contribution in [3.63, 3.8) is 0 Å². The Kier molecular flexibility index (Phi) is 5.72. The van der Waals surface area contributed by atoms with E-state index in [9.17, 15) is 18.0 Å². The van der Waals surface area contributed by atoms with E-state index in [0.717, 1.165) is 6.07 Å². The Labute approximate surface area is 177 Å². The first-order valence-corrected chi connectivity index (χ1v) is 10.4. The second-order valence-corrected chi connectivity index (χ2v) is 7.99. The lowest BCUT2D eigenvalue weighted by Crippen LogP contribution is -2.41. The molecule has 1 amide bonds. The SMILES string of the molecule is CCc1cc(C(F)(F)F)c2c(C3CCN(C(=O)C(C)Cn4cccn4)CC3)noc2n1. The number of hydrogen-bond donors (Lipinski definition) is 0. The first kappa shape index (κ1) is 21.3. The third-order valence-electron chi connectivity index (χ3n) is 5.83. The molecule has 31 heavy (non-hydrogen) atoms. The summed E-state index contributed by atoms with van der Waals surface area (Å²) in [5, 5.41) is 8.05. The molecule has 0 radical (unpaired) electrons. The number of piperidine rings is 1. The van der Waals surface area contributed by atoms with Crippen LogP contribution < -0.4 is 0 Å². The minimum Gasteiger partial charge on any atom is -0.342 e. The van der Waals surface area contributed by atoms with Crippen molar-refractivity contribution in [1.29, 1.82) is 0 Å². The Balaban J connectivity index is 1.50. The third kappa shape index (κ3) is 4.28. The highest BCUT2D eigenvalue weighted by atomic mass is 19.4. The van der Waals surface area contributed by atoms with Crippen LogP contribution in [0.3, 0.4) is 0 Å². The molecule has 1 aliphatic heterocycles. The number of pyridine rings is 1. The number of carbonyl (C=O) groups excluding carboxylic acids is 1. The number of fused-ring (bicyclic) bond motifs is 1. The topological polar surface area (TPSA) is 77.0 Å². The summed E-state index contributed by atoms with van der Waals surface area (Å²) >= 11 is 0. The Bertz CT molecular complexity index is 1050. The molecule has 1 unspecified atom stereocenters. The summed E-state index contributed by atoms with van der Waals surface area (Å²) in [6, 6.07) is 2.89. The van der Waals surface area contributed by atoms with Crippen LogP contribution in [-0.2, 0) is 23.9 Å². The highest BCUT2D eigenvalue weighted by Crippen LogP contribution is 2.40. The minimum absolute atomic E-state index is 0.0178. The summed E-state index contributed by atoms with van der Waals surface area (Å²) in [4.78, 5) is 18.7. The van der Waals surface area contributed by atoms with E-state index in [2.05, 4.69) is 15.2 Å². The third-order valence-corrected chi connectivity index (χ3v) is 5.83. The fraction of sp³-hybridized carbons (Fsp3) is 0.524. The highest BCUT2D eigenvalue weighted by Gasteiger charge is 2.38. The predicted octanol–water partition coefficient (Wildman–Crippen LogP) is 4.04. The fourth-order valence-electron chi connectivity index (χ4n) is 4.16. The molecule has 166 valence electrons. The molecule has 4 rings (SSSR count). The number of likely N-dealkylation sites (tertiary alicyclic amines) is 1. The number of carbonyl (C=O) groups is 1. The van der Waals surface area contributed by atoms with Gasteiger partial charge in [-0.15, -0.1) is 0 Å². The normalized spacial score (nSPS) is 16.7. The van der Waals surface area contributed by atoms with Crippen LogP contribution in [-0.4, -0.2) is 43.8 Å². The number of aryl methyl sites for hydroxylation is 1. The van der Waals surface area contributed by atoms with Gasteiger partial charge in [0.05, 0.1) is 29.1 Å². The maximum Gasteiger partial charge on any atom is 0.417 e. The van der Waals surface area contributed by atoms with Gasteiger partial charge in [0.25, 0.3) is 5.71 Å². The number of amides is 1. The molecule has 7 nitrogen and oxygen atoms in total. The van der Waals surface area contributed by atoms with Crippen LogP contribution in [0.4, 0.5) is 13.2 Å². The molecule has 1 saturated heterocycles. The van der Waals surface area contributed by atoms with Crippen molar-refractivity contribution in [2.45, 2.75) is 51.7 Å². The van der Waals surface area contributed by atoms with Crippen molar-refractivity contribution < 1.29 is 22.5 Å². The molecule has 0 spiro atoms. The summed E-state index contributed by atoms with van der Waals surface area (Å²) in [6.45, 7) is 5.01. The summed E-state index contributed by atoms with van der Waals surface area (Å²) in [6.07, 6.45) is 0.361. The van der Waals surface area contributed by atoms with Crippen molar-refractivity contribution in [1.82, 2.24) is 24.8 Å². The lowest BCUT2D eigenvalue weighted by Gasteiger charge is -2.33. The molecule has 3 aromatic rings. The molecule has 0 aromatic carbocycles. The van der Waals surface area contributed by atoms with Crippen LogP contribution in [0.1, 0.15) is 49.6 Å². The van der Waals surface area contributed by atoms with Gasteiger partial charge in [0.1, 0.15) is 0 Å². The Morgan fingerprint density at radius 2 is 2.06 bits per heavy atom. The number of alkyl halides is 3. The van der Waals surface area contributed by atoms with Gasteiger partial charge in [0.2, 0.25) is 5.91 Å². The zero-order chi connectivity index (χ0) is 22.2. The van der Waals surface area contributed by atoms with Gasteiger partial charge in [-0.3, -0.25) is 9.48 Å². The maximum absolute atomic E-state index is 13.7. The maximum atomic E-state index is 13.7. The number of hydrogen-bond acceptors (Lipinski definition) is 5. The van der Waals surface area contributed by atoms with Crippen LogP contribution in [0, 0.1) is 5.92 Å². The van der Waals surface area contributed by atoms with E-state index in [4.69, 9.17) is 4.52 Å². The Hall–Kier alpha value is -2.91. The van der Waals surface area contributed by atoms with Gasteiger partial charge in [-0.2, -0.15) is 18.3 Å². The zero-order valence-electron chi connectivity index (χ0n) is 17.4. The first-order chi connectivity index (χ1) is 14.8. The average Bonchev–Trinajstić information content (AvgIpc) is 3.41. The number of aromatic nitrogens is 4. The molecule has 4 heterocycles. The molecule has 3 aromatic heterocycles. The predicted molar refractivity (Wildman–Crippen MR) is 106 cm³/mol. The second kappa shape index (κ2) is 8.32.